The lowest BCUT2D eigenvalue weighted by atomic mass is 9.97. The number of benzene rings is 2. The molecule has 2 heterocycles. The topological polar surface area (TPSA) is 80.7 Å². The van der Waals surface area contributed by atoms with Crippen LogP contribution in [0.15, 0.2) is 53.6 Å². The van der Waals surface area contributed by atoms with E-state index in [1.165, 1.54) is 0 Å². The number of carbonyl (C=O) groups is 2. The van der Waals surface area contributed by atoms with Crippen molar-refractivity contribution in [3.05, 3.63) is 59.7 Å². The van der Waals surface area contributed by atoms with Gasteiger partial charge in [0.05, 0.1) is 44.5 Å². The Morgan fingerprint density at radius 3 is 2.22 bits per heavy atom. The number of rotatable bonds is 9. The number of methoxy groups -OCH3 is 1. The van der Waals surface area contributed by atoms with Crippen molar-refractivity contribution in [3.63, 3.8) is 0 Å². The fourth-order valence-corrected chi connectivity index (χ4v) is 4.76. The van der Waals surface area contributed by atoms with E-state index in [4.69, 9.17) is 19.3 Å². The Labute approximate surface area is 212 Å². The Morgan fingerprint density at radius 2 is 1.61 bits per heavy atom. The normalized spacial score (nSPS) is 18.6. The molecule has 0 aliphatic carbocycles. The number of likely N-dealkylation sites (tertiary alicyclic amines) is 1. The number of hydrogen-bond acceptors (Lipinski definition) is 7. The number of carbonyl (C=O) groups excluding carboxylic acids is 2. The maximum atomic E-state index is 13.5. The first kappa shape index (κ1) is 25.7. The molecule has 36 heavy (non-hydrogen) atoms. The summed E-state index contributed by atoms with van der Waals surface area (Å²) in [6.45, 7) is 6.41. The van der Waals surface area contributed by atoms with E-state index < -0.39 is 0 Å². The first-order valence-corrected chi connectivity index (χ1v) is 12.7. The largest absolute Gasteiger partial charge is 0.497 e. The Bertz CT molecular complexity index is 1060. The van der Waals surface area contributed by atoms with Gasteiger partial charge in [-0.3, -0.25) is 14.5 Å². The van der Waals surface area contributed by atoms with Crippen LogP contribution in [0.25, 0.3) is 0 Å². The monoisotopic (exact) mass is 493 g/mol. The maximum absolute atomic E-state index is 13.5. The van der Waals surface area contributed by atoms with Crippen molar-refractivity contribution in [1.29, 1.82) is 0 Å². The summed E-state index contributed by atoms with van der Waals surface area (Å²) in [6, 6.07) is 15.5. The van der Waals surface area contributed by atoms with Crippen LogP contribution >= 0.6 is 0 Å². The Morgan fingerprint density at radius 1 is 0.944 bits per heavy atom. The third kappa shape index (κ3) is 6.05. The van der Waals surface area contributed by atoms with Gasteiger partial charge in [-0.15, -0.1) is 0 Å². The number of amides is 1. The maximum Gasteiger partial charge on any atom is 0.309 e. The average molecular weight is 494 g/mol. The molecule has 8 heteroatoms. The summed E-state index contributed by atoms with van der Waals surface area (Å²) in [5, 5.41) is 6.42. The molecule has 0 saturated carbocycles. The molecule has 2 aromatic carbocycles. The number of hydrazone groups is 1. The lowest BCUT2D eigenvalue weighted by Gasteiger charge is -2.32. The van der Waals surface area contributed by atoms with Crippen molar-refractivity contribution >= 4 is 17.6 Å². The fourth-order valence-electron chi connectivity index (χ4n) is 4.76. The van der Waals surface area contributed by atoms with Crippen molar-refractivity contribution in [1.82, 2.24) is 9.91 Å². The molecule has 1 amide bonds. The molecule has 1 saturated heterocycles. The van der Waals surface area contributed by atoms with E-state index in [9.17, 15) is 9.59 Å². The van der Waals surface area contributed by atoms with Gasteiger partial charge in [0.2, 0.25) is 0 Å². The zero-order chi connectivity index (χ0) is 25.5. The molecule has 192 valence electrons. The quantitative estimate of drug-likeness (QED) is 0.491. The molecule has 4 rings (SSSR count). The highest BCUT2D eigenvalue weighted by Gasteiger charge is 2.35. The molecule has 2 aliphatic heterocycles. The highest BCUT2D eigenvalue weighted by atomic mass is 16.5. The van der Waals surface area contributed by atoms with Crippen molar-refractivity contribution in [2.75, 3.05) is 40.0 Å². The second-order valence-corrected chi connectivity index (χ2v) is 9.04. The average Bonchev–Trinajstić information content (AvgIpc) is 3.36. The highest BCUT2D eigenvalue weighted by molar-refractivity contribution is 6.03. The van der Waals surface area contributed by atoms with Gasteiger partial charge in [0.15, 0.2) is 0 Å². The van der Waals surface area contributed by atoms with Crippen LogP contribution in [0.1, 0.15) is 50.3 Å². The van der Waals surface area contributed by atoms with Crippen LogP contribution in [0.5, 0.6) is 11.5 Å². The van der Waals surface area contributed by atoms with Gasteiger partial charge in [-0.1, -0.05) is 12.1 Å². The molecular weight excluding hydrogens is 458 g/mol. The van der Waals surface area contributed by atoms with Crippen LogP contribution in [-0.2, 0) is 14.3 Å². The van der Waals surface area contributed by atoms with Crippen LogP contribution in [0, 0.1) is 5.92 Å². The summed E-state index contributed by atoms with van der Waals surface area (Å²) < 4.78 is 16.0. The van der Waals surface area contributed by atoms with E-state index in [0.717, 1.165) is 28.3 Å². The predicted molar refractivity (Wildman–Crippen MR) is 137 cm³/mol. The van der Waals surface area contributed by atoms with Crippen LogP contribution < -0.4 is 9.47 Å². The lowest BCUT2D eigenvalue weighted by molar-refractivity contribution is -0.149. The summed E-state index contributed by atoms with van der Waals surface area (Å²) in [5.74, 6) is 1.32. The summed E-state index contributed by atoms with van der Waals surface area (Å²) in [5.41, 5.74) is 2.85. The third-order valence-corrected chi connectivity index (χ3v) is 6.73. The molecule has 0 aromatic heterocycles. The van der Waals surface area contributed by atoms with Gasteiger partial charge >= 0.3 is 5.97 Å². The lowest BCUT2D eigenvalue weighted by Crippen LogP contribution is -2.43. The molecule has 0 radical (unpaired) electrons. The van der Waals surface area contributed by atoms with Crippen molar-refractivity contribution in [2.24, 2.45) is 11.0 Å². The molecule has 1 fully saturated rings. The number of piperidine rings is 1. The molecule has 2 aromatic rings. The molecule has 1 atom stereocenters. The molecule has 0 unspecified atom stereocenters. The molecule has 8 nitrogen and oxygen atoms in total. The smallest absolute Gasteiger partial charge is 0.309 e. The highest BCUT2D eigenvalue weighted by Crippen LogP contribution is 2.34. The standard InChI is InChI=1S/C28H35N3O5/c1-4-35-24-12-8-21(9-13-24)26-18-25(20-6-10-23(34-3)11-7-20)29-31(26)27(32)19-30-16-14-22(15-17-30)28(33)36-5-2/h6-13,22,26H,4-5,14-19H2,1-3H3/t26-/m0/s1. The Hall–Kier alpha value is -3.39. The fraction of sp³-hybridized carbons (Fsp3) is 0.464. The van der Waals surface area contributed by atoms with Crippen LogP contribution in [0.3, 0.4) is 0 Å². The zero-order valence-corrected chi connectivity index (χ0v) is 21.3. The summed E-state index contributed by atoms with van der Waals surface area (Å²) in [4.78, 5) is 27.7. The van der Waals surface area contributed by atoms with E-state index in [1.807, 2.05) is 62.4 Å². The first-order valence-electron chi connectivity index (χ1n) is 12.7. The molecule has 0 N–H and O–H groups in total. The van der Waals surface area contributed by atoms with Crippen LogP contribution in [0.4, 0.5) is 0 Å². The second kappa shape index (κ2) is 12.0. The predicted octanol–water partition coefficient (Wildman–Crippen LogP) is 4.05. The summed E-state index contributed by atoms with van der Waals surface area (Å²) in [6.07, 6.45) is 2.03. The minimum absolute atomic E-state index is 0.0491. The third-order valence-electron chi connectivity index (χ3n) is 6.73. The summed E-state index contributed by atoms with van der Waals surface area (Å²) >= 11 is 0. The minimum Gasteiger partial charge on any atom is -0.497 e. The Balaban J connectivity index is 1.49. The van der Waals surface area contributed by atoms with Crippen LogP contribution in [0.2, 0.25) is 0 Å². The Kier molecular flexibility index (Phi) is 8.59. The zero-order valence-electron chi connectivity index (χ0n) is 21.3. The van der Waals surface area contributed by atoms with E-state index >= 15 is 0 Å². The van der Waals surface area contributed by atoms with Crippen molar-refractivity contribution in [2.45, 2.75) is 39.2 Å². The van der Waals surface area contributed by atoms with E-state index in [2.05, 4.69) is 4.90 Å². The van der Waals surface area contributed by atoms with Gasteiger partial charge in [-0.2, -0.15) is 5.10 Å². The minimum atomic E-state index is -0.192. The number of hydrogen-bond donors (Lipinski definition) is 0. The second-order valence-electron chi connectivity index (χ2n) is 9.04. The van der Waals surface area contributed by atoms with Gasteiger partial charge in [0.1, 0.15) is 11.5 Å². The van der Waals surface area contributed by atoms with Gasteiger partial charge in [0, 0.05) is 6.42 Å². The molecular formula is C28H35N3O5. The van der Waals surface area contributed by atoms with Crippen LogP contribution in [-0.4, -0.2) is 67.5 Å². The molecule has 2 aliphatic rings. The SMILES string of the molecule is CCOC(=O)C1CCN(CC(=O)N2N=C(c3ccc(OC)cc3)C[C@H]2c2ccc(OCC)cc2)CC1. The van der Waals surface area contributed by atoms with E-state index in [1.54, 1.807) is 12.1 Å². The van der Waals surface area contributed by atoms with E-state index in [0.29, 0.717) is 45.6 Å². The van der Waals surface area contributed by atoms with Crippen molar-refractivity contribution in [3.8, 4) is 11.5 Å². The number of esters is 1. The first-order chi connectivity index (χ1) is 17.5. The molecule has 0 spiro atoms. The van der Waals surface area contributed by atoms with Gasteiger partial charge in [-0.25, -0.2) is 5.01 Å². The van der Waals surface area contributed by atoms with E-state index in [-0.39, 0.29) is 30.4 Å². The van der Waals surface area contributed by atoms with Gasteiger partial charge in [-0.05, 0) is 87.3 Å². The number of nitrogens with zero attached hydrogens (tertiary/aromatic N) is 3. The van der Waals surface area contributed by atoms with Gasteiger partial charge < -0.3 is 14.2 Å². The number of ether oxygens (including phenoxy) is 3. The molecule has 0 bridgehead atoms. The summed E-state index contributed by atoms with van der Waals surface area (Å²) in [7, 11) is 1.64. The van der Waals surface area contributed by atoms with Gasteiger partial charge in [0.25, 0.3) is 5.91 Å². The van der Waals surface area contributed by atoms with Crippen molar-refractivity contribution < 1.29 is 23.8 Å².